The maximum Gasteiger partial charge on any atom is 0.307 e. The van der Waals surface area contributed by atoms with E-state index in [1.54, 1.807) is 0 Å². The van der Waals surface area contributed by atoms with Crippen molar-refractivity contribution in [3.63, 3.8) is 0 Å². The molecule has 37 heavy (non-hydrogen) atoms. The number of sulfonamides is 1. The molecule has 5 rings (SSSR count). The van der Waals surface area contributed by atoms with Gasteiger partial charge in [-0.3, -0.25) is 9.10 Å². The molecule has 0 amide bonds. The zero-order valence-corrected chi connectivity index (χ0v) is 22.3. The van der Waals surface area contributed by atoms with Crippen molar-refractivity contribution in [1.82, 2.24) is 14.5 Å². The molecule has 0 unspecified atom stereocenters. The van der Waals surface area contributed by atoms with Crippen molar-refractivity contribution in [1.29, 1.82) is 0 Å². The van der Waals surface area contributed by atoms with E-state index in [4.69, 9.17) is 0 Å². The molecule has 0 saturated carbocycles. The number of hydrogen-bond acceptors (Lipinski definition) is 6. The van der Waals surface area contributed by atoms with E-state index < -0.39 is 16.0 Å². The van der Waals surface area contributed by atoms with E-state index in [1.807, 2.05) is 43.0 Å². The van der Waals surface area contributed by atoms with Crippen LogP contribution in [-0.2, 0) is 27.8 Å². The second-order valence-corrected chi connectivity index (χ2v) is 11.6. The van der Waals surface area contributed by atoms with E-state index in [9.17, 15) is 18.3 Å². The maximum absolute atomic E-state index is 12.0. The molecule has 0 saturated heterocycles. The number of benzene rings is 2. The summed E-state index contributed by atoms with van der Waals surface area (Å²) in [5, 5.41) is 10.8. The van der Waals surface area contributed by atoms with Crippen molar-refractivity contribution in [2.24, 2.45) is 0 Å². The predicted octanol–water partition coefficient (Wildman–Crippen LogP) is 4.20. The highest BCUT2D eigenvalue weighted by Gasteiger charge is 2.30. The van der Waals surface area contributed by atoms with E-state index in [-0.39, 0.29) is 6.42 Å². The molecule has 1 N–H and O–H groups in total. The van der Waals surface area contributed by atoms with Crippen LogP contribution in [-0.4, -0.2) is 53.9 Å². The Hall–Kier alpha value is -3.92. The zero-order chi connectivity index (χ0) is 26.6. The Morgan fingerprint density at radius 3 is 2.32 bits per heavy atom. The lowest BCUT2D eigenvalue weighted by atomic mass is 9.88. The molecule has 0 aliphatic carbocycles. The van der Waals surface area contributed by atoms with E-state index in [2.05, 4.69) is 27.5 Å². The molecule has 4 aromatic rings. The van der Waals surface area contributed by atoms with E-state index >= 15 is 0 Å². The van der Waals surface area contributed by atoms with E-state index in [1.165, 1.54) is 19.4 Å². The summed E-state index contributed by atoms with van der Waals surface area (Å²) in [5.74, 6) is -0.463. The molecule has 3 heterocycles. The van der Waals surface area contributed by atoms with Gasteiger partial charge in [-0.1, -0.05) is 29.8 Å². The third-order valence-electron chi connectivity index (χ3n) is 7.12. The lowest BCUT2D eigenvalue weighted by Gasteiger charge is -2.33. The fraction of sp³-hybridized carbons (Fsp3) is 0.296. The second-order valence-electron chi connectivity index (χ2n) is 9.59. The number of aliphatic carboxylic acids is 1. The van der Waals surface area contributed by atoms with Gasteiger partial charge in [0.15, 0.2) is 0 Å². The normalized spacial score (nSPS) is 13.3. The quantitative estimate of drug-likeness (QED) is 0.407. The smallest absolute Gasteiger partial charge is 0.307 e. The molecule has 10 heteroatoms. The van der Waals surface area contributed by atoms with Crippen LogP contribution in [0.3, 0.4) is 0 Å². The standard InChI is InChI=1S/C27H29N5O4S/c1-16-6-8-19(9-7-16)24-21(13-23(33)34)18(3)25-26-22(24)12-17(2)31(26)10-11-32(25)27-28-14-20(15-29-27)30(4)37(5,35)36/h6-9,12,14-15H,10-11,13H2,1-5H3,(H,33,34). The molecule has 9 nitrogen and oxygen atoms in total. The molecule has 2 aromatic carbocycles. The van der Waals surface area contributed by atoms with Gasteiger partial charge in [0.25, 0.3) is 0 Å². The van der Waals surface area contributed by atoms with Crippen molar-refractivity contribution < 1.29 is 18.3 Å². The highest BCUT2D eigenvalue weighted by molar-refractivity contribution is 7.92. The lowest BCUT2D eigenvalue weighted by Crippen LogP contribution is -2.31. The monoisotopic (exact) mass is 519 g/mol. The van der Waals surface area contributed by atoms with Gasteiger partial charge in [-0.15, -0.1) is 0 Å². The van der Waals surface area contributed by atoms with Crippen molar-refractivity contribution in [3.8, 4) is 11.1 Å². The van der Waals surface area contributed by atoms with Crippen LogP contribution in [0.2, 0.25) is 0 Å². The Morgan fingerprint density at radius 2 is 1.73 bits per heavy atom. The Labute approximate surface area is 216 Å². The van der Waals surface area contributed by atoms with Gasteiger partial charge < -0.3 is 14.6 Å². The first-order chi connectivity index (χ1) is 17.5. The van der Waals surface area contributed by atoms with Gasteiger partial charge in [0.1, 0.15) is 0 Å². The maximum atomic E-state index is 12.0. The zero-order valence-electron chi connectivity index (χ0n) is 21.5. The minimum Gasteiger partial charge on any atom is -0.481 e. The minimum absolute atomic E-state index is 0.116. The number of aryl methyl sites for hydroxylation is 2. The highest BCUT2D eigenvalue weighted by Crippen LogP contribution is 2.46. The van der Waals surface area contributed by atoms with Crippen LogP contribution in [0.25, 0.3) is 22.0 Å². The van der Waals surface area contributed by atoms with Crippen LogP contribution < -0.4 is 9.21 Å². The first-order valence-electron chi connectivity index (χ1n) is 11.9. The first kappa shape index (κ1) is 24.8. The summed E-state index contributed by atoms with van der Waals surface area (Å²) < 4.78 is 27.3. The second kappa shape index (κ2) is 8.88. The minimum atomic E-state index is -3.44. The first-order valence-corrected chi connectivity index (χ1v) is 13.8. The van der Waals surface area contributed by atoms with Crippen molar-refractivity contribution in [3.05, 3.63) is 65.1 Å². The Balaban J connectivity index is 1.75. The molecule has 0 fully saturated rings. The van der Waals surface area contributed by atoms with Crippen molar-refractivity contribution in [2.75, 3.05) is 29.1 Å². The molecule has 1 aliphatic heterocycles. The molecule has 0 bridgehead atoms. The van der Waals surface area contributed by atoms with E-state index in [0.29, 0.717) is 24.7 Å². The fourth-order valence-corrected chi connectivity index (χ4v) is 5.63. The molecule has 1 aliphatic rings. The van der Waals surface area contributed by atoms with Gasteiger partial charge in [0.05, 0.1) is 42.0 Å². The Kier molecular flexibility index (Phi) is 5.94. The molecule has 0 radical (unpaired) electrons. The average Bonchev–Trinajstić information content (AvgIpc) is 3.18. The number of carboxylic acids is 1. The van der Waals surface area contributed by atoms with Gasteiger partial charge in [-0.05, 0) is 49.1 Å². The number of hydrogen-bond donors (Lipinski definition) is 1. The number of carboxylic acid groups (broad SMARTS) is 1. The van der Waals surface area contributed by atoms with Crippen LogP contribution >= 0.6 is 0 Å². The summed E-state index contributed by atoms with van der Waals surface area (Å²) in [4.78, 5) is 23.0. The van der Waals surface area contributed by atoms with Gasteiger partial charge in [-0.2, -0.15) is 0 Å². The van der Waals surface area contributed by atoms with Gasteiger partial charge in [-0.25, -0.2) is 18.4 Å². The van der Waals surface area contributed by atoms with E-state index in [0.717, 1.165) is 60.7 Å². The summed E-state index contributed by atoms with van der Waals surface area (Å²) in [6.07, 6.45) is 4.00. The summed E-state index contributed by atoms with van der Waals surface area (Å²) in [5.41, 5.74) is 8.05. The van der Waals surface area contributed by atoms with Crippen LogP contribution in [0.1, 0.15) is 22.4 Å². The summed E-state index contributed by atoms with van der Waals surface area (Å²) in [6, 6.07) is 10.3. The van der Waals surface area contributed by atoms with Gasteiger partial charge in [0.2, 0.25) is 16.0 Å². The molecular weight excluding hydrogens is 490 g/mol. The summed E-state index contributed by atoms with van der Waals surface area (Å²) in [7, 11) is -1.98. The topological polar surface area (TPSA) is 109 Å². The largest absolute Gasteiger partial charge is 0.481 e. The molecule has 0 spiro atoms. The fourth-order valence-electron chi connectivity index (χ4n) is 5.15. The van der Waals surface area contributed by atoms with Crippen LogP contribution in [0.5, 0.6) is 0 Å². The van der Waals surface area contributed by atoms with Crippen molar-refractivity contribution in [2.45, 2.75) is 33.7 Å². The van der Waals surface area contributed by atoms with Crippen LogP contribution in [0.4, 0.5) is 17.3 Å². The highest BCUT2D eigenvalue weighted by atomic mass is 32.2. The molecule has 2 aromatic heterocycles. The number of aromatic nitrogens is 3. The molecule has 0 atom stereocenters. The summed E-state index contributed by atoms with van der Waals surface area (Å²) in [6.45, 7) is 7.36. The number of anilines is 3. The third kappa shape index (κ3) is 4.21. The Morgan fingerprint density at radius 1 is 1.08 bits per heavy atom. The molecular formula is C27H29N5O4S. The van der Waals surface area contributed by atoms with Gasteiger partial charge in [0, 0.05) is 31.2 Å². The van der Waals surface area contributed by atoms with Crippen LogP contribution in [0, 0.1) is 20.8 Å². The predicted molar refractivity (Wildman–Crippen MR) is 145 cm³/mol. The number of rotatable bonds is 6. The third-order valence-corrected chi connectivity index (χ3v) is 8.33. The van der Waals surface area contributed by atoms with Crippen molar-refractivity contribution >= 4 is 44.2 Å². The number of nitrogens with zero attached hydrogens (tertiary/aromatic N) is 5. The lowest BCUT2D eigenvalue weighted by molar-refractivity contribution is -0.136. The van der Waals surface area contributed by atoms with Crippen LogP contribution in [0.15, 0.2) is 42.7 Å². The SMILES string of the molecule is Cc1ccc(-c2c(CC(=O)O)c(C)c3c4c2cc(C)n4CCN3c2ncc(N(C)S(C)(=O)=O)cn2)cc1. The number of carbonyl (C=O) groups is 1. The molecule has 192 valence electrons. The Bertz CT molecular complexity index is 1640. The summed E-state index contributed by atoms with van der Waals surface area (Å²) >= 11 is 0. The van der Waals surface area contributed by atoms with Gasteiger partial charge >= 0.3 is 5.97 Å². The average molecular weight is 520 g/mol.